The van der Waals surface area contributed by atoms with Crippen LogP contribution in [0.15, 0.2) is 48.7 Å². The number of rotatable bonds is 5. The van der Waals surface area contributed by atoms with Crippen LogP contribution >= 0.6 is 0 Å². The van der Waals surface area contributed by atoms with Gasteiger partial charge in [-0.3, -0.25) is 14.6 Å². The first-order valence-corrected chi connectivity index (χ1v) is 9.48. The molecule has 3 rings (SSSR count). The van der Waals surface area contributed by atoms with Crippen molar-refractivity contribution in [1.82, 2.24) is 9.88 Å². The summed E-state index contributed by atoms with van der Waals surface area (Å²) in [6.45, 7) is 5.19. The lowest BCUT2D eigenvalue weighted by molar-refractivity contribution is -0.158. The average Bonchev–Trinajstić information content (AvgIpc) is 2.70. The summed E-state index contributed by atoms with van der Waals surface area (Å²) in [6, 6.07) is 13.4. The molecule has 5 heteroatoms. The fourth-order valence-electron chi connectivity index (χ4n) is 3.80. The highest BCUT2D eigenvalue weighted by atomic mass is 16.5. The first-order chi connectivity index (χ1) is 13.1. The number of esters is 1. The zero-order chi connectivity index (χ0) is 19.3. The van der Waals surface area contributed by atoms with Crippen LogP contribution in [0.2, 0.25) is 0 Å². The molecule has 0 N–H and O–H groups in total. The first-order valence-electron chi connectivity index (χ1n) is 9.48. The lowest BCUT2D eigenvalue weighted by atomic mass is 9.74. The van der Waals surface area contributed by atoms with Gasteiger partial charge in [0.15, 0.2) is 0 Å². The number of carbonyl (C=O) groups is 2. The average molecular weight is 366 g/mol. The van der Waals surface area contributed by atoms with Crippen LogP contribution in [0.3, 0.4) is 0 Å². The molecule has 0 spiro atoms. The third kappa shape index (κ3) is 4.18. The van der Waals surface area contributed by atoms with Crippen molar-refractivity contribution in [3.05, 3.63) is 65.5 Å². The van der Waals surface area contributed by atoms with Gasteiger partial charge in [0.2, 0.25) is 0 Å². The number of piperidine rings is 1. The van der Waals surface area contributed by atoms with Crippen LogP contribution in [-0.2, 0) is 16.0 Å². The highest BCUT2D eigenvalue weighted by Crippen LogP contribution is 2.36. The zero-order valence-electron chi connectivity index (χ0n) is 16.0. The molecule has 1 aliphatic heterocycles. The van der Waals surface area contributed by atoms with Gasteiger partial charge in [-0.05, 0) is 56.4 Å². The lowest BCUT2D eigenvalue weighted by Gasteiger charge is -2.41. The van der Waals surface area contributed by atoms with Crippen molar-refractivity contribution in [3.8, 4) is 0 Å². The molecule has 0 saturated carbocycles. The Hall–Kier alpha value is -2.69. The van der Waals surface area contributed by atoms with Crippen LogP contribution in [0.5, 0.6) is 0 Å². The molecule has 1 aromatic carbocycles. The van der Waals surface area contributed by atoms with Gasteiger partial charge in [0.05, 0.1) is 12.0 Å². The lowest BCUT2D eigenvalue weighted by Crippen LogP contribution is -2.51. The second-order valence-corrected chi connectivity index (χ2v) is 7.15. The van der Waals surface area contributed by atoms with E-state index < -0.39 is 5.41 Å². The molecular formula is C22H26N2O3. The Morgan fingerprint density at radius 2 is 1.96 bits per heavy atom. The van der Waals surface area contributed by atoms with Crippen molar-refractivity contribution in [2.24, 2.45) is 5.41 Å². The normalized spacial score (nSPS) is 19.6. The maximum Gasteiger partial charge on any atom is 0.314 e. The van der Waals surface area contributed by atoms with Gasteiger partial charge in [0.25, 0.3) is 5.91 Å². The number of hydrogen-bond donors (Lipinski definition) is 0. The number of hydrogen-bond acceptors (Lipinski definition) is 4. The number of aryl methyl sites for hydroxylation is 1. The minimum Gasteiger partial charge on any atom is -0.466 e. The molecule has 0 bridgehead atoms. The molecule has 2 heterocycles. The van der Waals surface area contributed by atoms with Gasteiger partial charge < -0.3 is 9.64 Å². The Labute approximate surface area is 160 Å². The molecule has 0 aliphatic carbocycles. The van der Waals surface area contributed by atoms with Crippen LogP contribution in [-0.4, -0.2) is 41.5 Å². The number of ether oxygens (including phenoxy) is 1. The van der Waals surface area contributed by atoms with Crippen molar-refractivity contribution < 1.29 is 14.3 Å². The molecule has 1 aliphatic rings. The van der Waals surface area contributed by atoms with Gasteiger partial charge in [0, 0.05) is 19.3 Å². The number of aromatic nitrogens is 1. The van der Waals surface area contributed by atoms with Gasteiger partial charge in [0.1, 0.15) is 5.69 Å². The van der Waals surface area contributed by atoms with Crippen molar-refractivity contribution in [3.63, 3.8) is 0 Å². The Morgan fingerprint density at radius 3 is 2.67 bits per heavy atom. The van der Waals surface area contributed by atoms with Gasteiger partial charge in [-0.1, -0.05) is 30.3 Å². The summed E-state index contributed by atoms with van der Waals surface area (Å²) in [5.41, 5.74) is 1.96. The second-order valence-electron chi connectivity index (χ2n) is 7.15. The molecule has 1 fully saturated rings. The van der Waals surface area contributed by atoms with E-state index in [1.54, 1.807) is 29.3 Å². The number of likely N-dealkylation sites (tertiary alicyclic amines) is 1. The summed E-state index contributed by atoms with van der Waals surface area (Å²) < 4.78 is 5.44. The van der Waals surface area contributed by atoms with Gasteiger partial charge >= 0.3 is 5.97 Å². The molecule has 27 heavy (non-hydrogen) atoms. The van der Waals surface area contributed by atoms with Gasteiger partial charge in [-0.2, -0.15) is 0 Å². The number of nitrogens with zero attached hydrogens (tertiary/aromatic N) is 2. The van der Waals surface area contributed by atoms with Crippen molar-refractivity contribution >= 4 is 11.9 Å². The Bertz CT molecular complexity index is 806. The Kier molecular flexibility index (Phi) is 5.89. The van der Waals surface area contributed by atoms with Gasteiger partial charge in [-0.25, -0.2) is 0 Å². The fraction of sp³-hybridized carbons (Fsp3) is 0.409. The number of pyridine rings is 1. The quantitative estimate of drug-likeness (QED) is 0.761. The Balaban J connectivity index is 1.89. The Morgan fingerprint density at radius 1 is 1.19 bits per heavy atom. The maximum atomic E-state index is 13.0. The SMILES string of the molecule is CCOC(=O)[C@@]1(Cc2ccccc2C)CCCN(C(=O)c2ccccn2)C1. The second kappa shape index (κ2) is 8.33. The monoisotopic (exact) mass is 366 g/mol. The van der Waals surface area contributed by atoms with Crippen LogP contribution < -0.4 is 0 Å². The van der Waals surface area contributed by atoms with E-state index in [-0.39, 0.29) is 11.9 Å². The van der Waals surface area contributed by atoms with E-state index in [1.165, 1.54) is 0 Å². The maximum absolute atomic E-state index is 13.0. The van der Waals surface area contributed by atoms with Crippen molar-refractivity contribution in [2.45, 2.75) is 33.1 Å². The highest BCUT2D eigenvalue weighted by molar-refractivity contribution is 5.93. The highest BCUT2D eigenvalue weighted by Gasteiger charge is 2.45. The van der Waals surface area contributed by atoms with Crippen molar-refractivity contribution in [2.75, 3.05) is 19.7 Å². The van der Waals surface area contributed by atoms with Crippen molar-refractivity contribution in [1.29, 1.82) is 0 Å². The fourth-order valence-corrected chi connectivity index (χ4v) is 3.80. The van der Waals surface area contributed by atoms with Crippen LogP contribution in [0.4, 0.5) is 0 Å². The minimum absolute atomic E-state index is 0.131. The summed E-state index contributed by atoms with van der Waals surface area (Å²) in [5.74, 6) is -0.347. The van der Waals surface area contributed by atoms with E-state index in [0.29, 0.717) is 38.2 Å². The predicted molar refractivity (Wildman–Crippen MR) is 103 cm³/mol. The molecule has 2 aromatic rings. The standard InChI is InChI=1S/C22H26N2O3/c1-3-27-21(26)22(15-18-10-5-4-9-17(18)2)12-8-14-24(16-22)20(25)19-11-6-7-13-23-19/h4-7,9-11,13H,3,8,12,14-16H2,1-2H3/t22-/m1/s1. The summed E-state index contributed by atoms with van der Waals surface area (Å²) >= 11 is 0. The molecule has 1 saturated heterocycles. The van der Waals surface area contributed by atoms with E-state index in [1.807, 2.05) is 32.0 Å². The van der Waals surface area contributed by atoms with E-state index >= 15 is 0 Å². The molecule has 142 valence electrons. The molecule has 0 radical (unpaired) electrons. The minimum atomic E-state index is -0.717. The predicted octanol–water partition coefficient (Wildman–Crippen LogP) is 3.42. The van der Waals surface area contributed by atoms with Gasteiger partial charge in [-0.15, -0.1) is 0 Å². The van der Waals surface area contributed by atoms with E-state index in [0.717, 1.165) is 17.5 Å². The third-order valence-electron chi connectivity index (χ3n) is 5.25. The van der Waals surface area contributed by atoms with Crippen LogP contribution in [0, 0.1) is 12.3 Å². The van der Waals surface area contributed by atoms with Crippen LogP contribution in [0.25, 0.3) is 0 Å². The summed E-state index contributed by atoms with van der Waals surface area (Å²) in [4.78, 5) is 31.8. The van der Waals surface area contributed by atoms with E-state index in [9.17, 15) is 9.59 Å². The third-order valence-corrected chi connectivity index (χ3v) is 5.25. The summed E-state index contributed by atoms with van der Waals surface area (Å²) in [5, 5.41) is 0. The molecule has 0 unspecified atom stereocenters. The topological polar surface area (TPSA) is 59.5 Å². The van der Waals surface area contributed by atoms with E-state index in [4.69, 9.17) is 4.74 Å². The number of carbonyl (C=O) groups excluding carboxylic acids is 2. The van der Waals surface area contributed by atoms with Crippen LogP contribution in [0.1, 0.15) is 41.4 Å². The molecule has 1 amide bonds. The molecule has 5 nitrogen and oxygen atoms in total. The summed E-state index contributed by atoms with van der Waals surface area (Å²) in [6.07, 6.45) is 3.67. The largest absolute Gasteiger partial charge is 0.466 e. The zero-order valence-corrected chi connectivity index (χ0v) is 16.0. The number of amides is 1. The number of benzene rings is 1. The first kappa shape index (κ1) is 19.1. The summed E-state index contributed by atoms with van der Waals surface area (Å²) in [7, 11) is 0. The molecule has 1 atom stereocenters. The van der Waals surface area contributed by atoms with E-state index in [2.05, 4.69) is 11.1 Å². The molecule has 1 aromatic heterocycles. The molecular weight excluding hydrogens is 340 g/mol. The smallest absolute Gasteiger partial charge is 0.314 e.